The van der Waals surface area contributed by atoms with Gasteiger partial charge in [-0.2, -0.15) is 0 Å². The lowest BCUT2D eigenvalue weighted by molar-refractivity contribution is 0.0756. The fourth-order valence-electron chi connectivity index (χ4n) is 1.39. The fourth-order valence-corrected chi connectivity index (χ4v) is 1.90. The van der Waals surface area contributed by atoms with Crippen molar-refractivity contribution in [1.29, 1.82) is 0 Å². The van der Waals surface area contributed by atoms with Crippen molar-refractivity contribution in [3.05, 3.63) is 27.7 Å². The predicted octanol–water partition coefficient (Wildman–Crippen LogP) is 2.94. The highest BCUT2D eigenvalue weighted by Crippen LogP contribution is 2.34. The van der Waals surface area contributed by atoms with Crippen molar-refractivity contribution >= 4 is 15.9 Å². The average Bonchev–Trinajstić information content (AvgIpc) is 2.06. The number of aryl methyl sites for hydroxylation is 1. The van der Waals surface area contributed by atoms with E-state index in [9.17, 15) is 10.2 Å². The van der Waals surface area contributed by atoms with Gasteiger partial charge in [-0.15, -0.1) is 0 Å². The Balaban J connectivity index is 3.37. The van der Waals surface area contributed by atoms with E-state index >= 15 is 0 Å². The Morgan fingerprint density at radius 1 is 1.36 bits per heavy atom. The van der Waals surface area contributed by atoms with E-state index in [1.165, 1.54) is 0 Å². The summed E-state index contributed by atoms with van der Waals surface area (Å²) in [6, 6.07) is 3.61. The second kappa shape index (κ2) is 3.91. The Labute approximate surface area is 92.7 Å². The van der Waals surface area contributed by atoms with Crippen LogP contribution >= 0.6 is 15.9 Å². The standard InChI is InChI=1S/C11H15BrO2/c1-4-7-5-8(12)6-9(10(7)13)11(2,3)14/h5-6,13-14H,4H2,1-3H3. The summed E-state index contributed by atoms with van der Waals surface area (Å²) in [6.45, 7) is 5.29. The molecule has 0 aliphatic carbocycles. The van der Waals surface area contributed by atoms with Gasteiger partial charge in [-0.05, 0) is 38.0 Å². The predicted molar refractivity (Wildman–Crippen MR) is 60.4 cm³/mol. The van der Waals surface area contributed by atoms with E-state index in [1.807, 2.05) is 13.0 Å². The van der Waals surface area contributed by atoms with Crippen molar-refractivity contribution < 1.29 is 10.2 Å². The maximum atomic E-state index is 9.87. The fraction of sp³-hybridized carbons (Fsp3) is 0.455. The molecule has 0 aliphatic rings. The van der Waals surface area contributed by atoms with Crippen molar-refractivity contribution in [3.8, 4) is 5.75 Å². The molecule has 0 unspecified atom stereocenters. The summed E-state index contributed by atoms with van der Waals surface area (Å²) in [7, 11) is 0. The summed E-state index contributed by atoms with van der Waals surface area (Å²) in [4.78, 5) is 0. The SMILES string of the molecule is CCc1cc(Br)cc(C(C)(C)O)c1O. The molecule has 3 heteroatoms. The molecule has 2 nitrogen and oxygen atoms in total. The molecule has 0 aromatic heterocycles. The number of aromatic hydroxyl groups is 1. The minimum atomic E-state index is -1.02. The second-order valence-corrected chi connectivity index (χ2v) is 4.79. The number of phenolic OH excluding ortho intramolecular Hbond substituents is 1. The lowest BCUT2D eigenvalue weighted by Gasteiger charge is -2.21. The minimum Gasteiger partial charge on any atom is -0.507 e. The van der Waals surface area contributed by atoms with Gasteiger partial charge in [0.15, 0.2) is 0 Å². The van der Waals surface area contributed by atoms with Crippen molar-refractivity contribution in [2.75, 3.05) is 0 Å². The molecule has 1 rings (SSSR count). The number of rotatable bonds is 2. The number of benzene rings is 1. The molecule has 0 atom stereocenters. The Bertz CT molecular complexity index is 340. The number of hydrogen-bond donors (Lipinski definition) is 2. The van der Waals surface area contributed by atoms with E-state index in [0.717, 1.165) is 16.5 Å². The van der Waals surface area contributed by atoms with Crippen molar-refractivity contribution in [1.82, 2.24) is 0 Å². The lowest BCUT2D eigenvalue weighted by atomic mass is 9.94. The second-order valence-electron chi connectivity index (χ2n) is 3.87. The number of halogens is 1. The van der Waals surface area contributed by atoms with E-state index in [1.54, 1.807) is 19.9 Å². The van der Waals surface area contributed by atoms with Gasteiger partial charge < -0.3 is 10.2 Å². The molecule has 0 radical (unpaired) electrons. The molecule has 2 N–H and O–H groups in total. The zero-order valence-corrected chi connectivity index (χ0v) is 10.2. The lowest BCUT2D eigenvalue weighted by Crippen LogP contribution is -2.16. The summed E-state index contributed by atoms with van der Waals surface area (Å²) in [5, 5.41) is 19.7. The van der Waals surface area contributed by atoms with E-state index in [-0.39, 0.29) is 5.75 Å². The van der Waals surface area contributed by atoms with Gasteiger partial charge in [0, 0.05) is 10.0 Å². The van der Waals surface area contributed by atoms with Crippen LogP contribution in [-0.4, -0.2) is 10.2 Å². The van der Waals surface area contributed by atoms with Gasteiger partial charge in [0.1, 0.15) is 5.75 Å². The first-order valence-corrected chi connectivity index (χ1v) is 5.39. The summed E-state index contributed by atoms with van der Waals surface area (Å²) in [5.74, 6) is 0.197. The molecule has 0 amide bonds. The molecular weight excluding hydrogens is 244 g/mol. The van der Waals surface area contributed by atoms with E-state index in [4.69, 9.17) is 0 Å². The minimum absolute atomic E-state index is 0.197. The molecule has 0 bridgehead atoms. The highest BCUT2D eigenvalue weighted by Gasteiger charge is 2.22. The first kappa shape index (κ1) is 11.5. The Morgan fingerprint density at radius 2 is 1.93 bits per heavy atom. The topological polar surface area (TPSA) is 40.5 Å². The average molecular weight is 259 g/mol. The molecule has 78 valence electrons. The summed E-state index contributed by atoms with van der Waals surface area (Å²) >= 11 is 3.36. The van der Waals surface area contributed by atoms with Gasteiger partial charge in [-0.25, -0.2) is 0 Å². The molecule has 1 aromatic carbocycles. The zero-order chi connectivity index (χ0) is 10.9. The van der Waals surface area contributed by atoms with Crippen LogP contribution < -0.4 is 0 Å². The Hall–Kier alpha value is -0.540. The highest BCUT2D eigenvalue weighted by atomic mass is 79.9. The highest BCUT2D eigenvalue weighted by molar-refractivity contribution is 9.10. The quantitative estimate of drug-likeness (QED) is 0.857. The molecule has 0 aliphatic heterocycles. The Kier molecular flexibility index (Phi) is 3.22. The van der Waals surface area contributed by atoms with Crippen LogP contribution in [0.15, 0.2) is 16.6 Å². The number of hydrogen-bond acceptors (Lipinski definition) is 2. The first-order chi connectivity index (χ1) is 6.36. The van der Waals surface area contributed by atoms with Crippen LogP contribution in [0.2, 0.25) is 0 Å². The van der Waals surface area contributed by atoms with Gasteiger partial charge in [-0.1, -0.05) is 22.9 Å². The van der Waals surface area contributed by atoms with Gasteiger partial charge in [0.2, 0.25) is 0 Å². The van der Waals surface area contributed by atoms with Gasteiger partial charge in [0.25, 0.3) is 0 Å². The summed E-state index contributed by atoms with van der Waals surface area (Å²) < 4.78 is 0.879. The molecule has 0 fully saturated rings. The van der Waals surface area contributed by atoms with Crippen LogP contribution in [0, 0.1) is 0 Å². The van der Waals surface area contributed by atoms with E-state index < -0.39 is 5.60 Å². The largest absolute Gasteiger partial charge is 0.507 e. The normalized spacial score (nSPS) is 11.8. The maximum absolute atomic E-state index is 9.87. The monoisotopic (exact) mass is 258 g/mol. The third kappa shape index (κ3) is 2.28. The number of aliphatic hydroxyl groups is 1. The first-order valence-electron chi connectivity index (χ1n) is 4.60. The van der Waals surface area contributed by atoms with Crippen LogP contribution in [0.3, 0.4) is 0 Å². The third-order valence-electron chi connectivity index (χ3n) is 2.19. The molecule has 0 saturated carbocycles. The molecule has 0 spiro atoms. The van der Waals surface area contributed by atoms with Crippen molar-refractivity contribution in [2.45, 2.75) is 32.8 Å². The zero-order valence-electron chi connectivity index (χ0n) is 8.63. The molecule has 0 saturated heterocycles. The molecular formula is C11H15BrO2. The molecule has 14 heavy (non-hydrogen) atoms. The van der Waals surface area contributed by atoms with E-state index in [2.05, 4.69) is 15.9 Å². The maximum Gasteiger partial charge on any atom is 0.124 e. The van der Waals surface area contributed by atoms with Crippen LogP contribution in [0.5, 0.6) is 5.75 Å². The van der Waals surface area contributed by atoms with Crippen LogP contribution in [0.4, 0.5) is 0 Å². The van der Waals surface area contributed by atoms with Crippen LogP contribution in [0.1, 0.15) is 31.9 Å². The number of phenols is 1. The van der Waals surface area contributed by atoms with Gasteiger partial charge in [-0.3, -0.25) is 0 Å². The summed E-state index contributed by atoms with van der Waals surface area (Å²) in [5.41, 5.74) is 0.387. The van der Waals surface area contributed by atoms with Crippen molar-refractivity contribution in [2.24, 2.45) is 0 Å². The van der Waals surface area contributed by atoms with Crippen molar-refractivity contribution in [3.63, 3.8) is 0 Å². The van der Waals surface area contributed by atoms with Crippen LogP contribution in [0.25, 0.3) is 0 Å². The summed E-state index contributed by atoms with van der Waals surface area (Å²) in [6.07, 6.45) is 0.744. The van der Waals surface area contributed by atoms with E-state index in [0.29, 0.717) is 5.56 Å². The van der Waals surface area contributed by atoms with Gasteiger partial charge in [0.05, 0.1) is 5.60 Å². The smallest absolute Gasteiger partial charge is 0.124 e. The van der Waals surface area contributed by atoms with Gasteiger partial charge >= 0.3 is 0 Å². The third-order valence-corrected chi connectivity index (χ3v) is 2.65. The molecule has 1 aromatic rings. The van der Waals surface area contributed by atoms with Crippen LogP contribution in [-0.2, 0) is 12.0 Å². The Morgan fingerprint density at radius 3 is 2.36 bits per heavy atom. The molecule has 0 heterocycles.